The molecule has 6 heteroatoms. The molecule has 5 rings (SSSR count). The van der Waals surface area contributed by atoms with Gasteiger partial charge in [-0.25, -0.2) is 4.90 Å². The number of amides is 2. The van der Waals surface area contributed by atoms with Crippen LogP contribution in [0.3, 0.4) is 0 Å². The smallest absolute Gasteiger partial charge is 0.241 e. The van der Waals surface area contributed by atoms with Crippen LogP contribution in [-0.2, 0) is 14.3 Å². The molecule has 0 unspecified atom stereocenters. The van der Waals surface area contributed by atoms with E-state index in [1.807, 2.05) is 19.1 Å². The summed E-state index contributed by atoms with van der Waals surface area (Å²) in [6, 6.07) is 5.11. The molecule has 2 amide bonds. The van der Waals surface area contributed by atoms with E-state index in [9.17, 15) is 9.59 Å². The molecule has 0 aromatic heterocycles. The fourth-order valence-electron chi connectivity index (χ4n) is 3.93. The molecule has 4 aliphatic rings. The molecule has 0 N–H and O–H groups in total. The fourth-order valence-corrected chi connectivity index (χ4v) is 3.93. The van der Waals surface area contributed by atoms with Crippen molar-refractivity contribution in [1.29, 1.82) is 0 Å². The van der Waals surface area contributed by atoms with Crippen molar-refractivity contribution in [2.45, 2.75) is 18.6 Å². The predicted molar refractivity (Wildman–Crippen MR) is 74.5 cm³/mol. The molecule has 0 radical (unpaired) electrons. The molecule has 1 aromatic rings. The summed E-state index contributed by atoms with van der Waals surface area (Å²) < 4.78 is 16.4. The van der Waals surface area contributed by atoms with Crippen LogP contribution < -0.4 is 14.4 Å². The number of hydrogen-bond donors (Lipinski definition) is 0. The Balaban J connectivity index is 1.58. The summed E-state index contributed by atoms with van der Waals surface area (Å²) >= 11 is 0. The molecule has 1 aromatic carbocycles. The van der Waals surface area contributed by atoms with Gasteiger partial charge < -0.3 is 14.2 Å². The molecular weight excluding hydrogens is 286 g/mol. The fraction of sp³-hybridized carbons (Fsp3) is 0.375. The van der Waals surface area contributed by atoms with Crippen molar-refractivity contribution in [2.75, 3.05) is 11.7 Å². The van der Waals surface area contributed by atoms with E-state index in [-0.39, 0.29) is 24.7 Å². The van der Waals surface area contributed by atoms with Gasteiger partial charge in [-0.15, -0.1) is 0 Å². The van der Waals surface area contributed by atoms with Crippen LogP contribution in [-0.4, -0.2) is 30.3 Å². The standard InChI is InChI=1S/C16H13NO5/c1-16-5-4-10(22-16)12-13(16)15(19)17(14(12)18)8-2-3-9-11(6-8)21-7-20-9/h2-6,10,12-13H,7H2,1H3/t10-,12-,13+,16+/m0/s1. The first-order valence-corrected chi connectivity index (χ1v) is 7.23. The third kappa shape index (κ3) is 1.29. The molecule has 4 atom stereocenters. The van der Waals surface area contributed by atoms with E-state index in [1.54, 1.807) is 18.2 Å². The molecule has 4 aliphatic heterocycles. The molecule has 6 nitrogen and oxygen atoms in total. The van der Waals surface area contributed by atoms with E-state index in [1.165, 1.54) is 4.90 Å². The highest BCUT2D eigenvalue weighted by Crippen LogP contribution is 2.52. The second kappa shape index (κ2) is 3.70. The molecule has 2 bridgehead atoms. The molecular formula is C16H13NO5. The first-order chi connectivity index (χ1) is 10.6. The van der Waals surface area contributed by atoms with Gasteiger partial charge >= 0.3 is 0 Å². The number of imide groups is 1. The van der Waals surface area contributed by atoms with Crippen molar-refractivity contribution in [3.8, 4) is 11.5 Å². The Morgan fingerprint density at radius 3 is 2.82 bits per heavy atom. The Morgan fingerprint density at radius 1 is 1.18 bits per heavy atom. The van der Waals surface area contributed by atoms with Gasteiger partial charge in [0, 0.05) is 6.07 Å². The van der Waals surface area contributed by atoms with Crippen molar-refractivity contribution >= 4 is 17.5 Å². The van der Waals surface area contributed by atoms with Gasteiger partial charge in [0.2, 0.25) is 18.6 Å². The largest absolute Gasteiger partial charge is 0.454 e. The molecule has 0 saturated carbocycles. The minimum atomic E-state index is -0.673. The summed E-state index contributed by atoms with van der Waals surface area (Å²) in [7, 11) is 0. The Bertz CT molecular complexity index is 757. The van der Waals surface area contributed by atoms with Crippen LogP contribution in [0.4, 0.5) is 5.69 Å². The normalized spacial score (nSPS) is 37.3. The minimum Gasteiger partial charge on any atom is -0.454 e. The lowest BCUT2D eigenvalue weighted by Gasteiger charge is -2.24. The number of rotatable bonds is 1. The number of benzene rings is 1. The van der Waals surface area contributed by atoms with Crippen molar-refractivity contribution in [3.63, 3.8) is 0 Å². The van der Waals surface area contributed by atoms with Crippen LogP contribution >= 0.6 is 0 Å². The van der Waals surface area contributed by atoms with Gasteiger partial charge in [-0.3, -0.25) is 9.59 Å². The van der Waals surface area contributed by atoms with Crippen LogP contribution in [0.25, 0.3) is 0 Å². The van der Waals surface area contributed by atoms with Gasteiger partial charge in [-0.1, -0.05) is 12.2 Å². The second-order valence-electron chi connectivity index (χ2n) is 6.18. The lowest BCUT2D eigenvalue weighted by atomic mass is 9.78. The number of ether oxygens (including phenoxy) is 3. The molecule has 22 heavy (non-hydrogen) atoms. The van der Waals surface area contributed by atoms with Crippen LogP contribution in [0.5, 0.6) is 11.5 Å². The SMILES string of the molecule is C[C@]12C=C[C@H](O1)[C@@H]1C(=O)N(c3ccc4c(c3)OCO4)C(=O)[C@@H]12. The monoisotopic (exact) mass is 299 g/mol. The average molecular weight is 299 g/mol. The van der Waals surface area contributed by atoms with E-state index in [0.29, 0.717) is 17.2 Å². The van der Waals surface area contributed by atoms with Gasteiger partial charge in [0.05, 0.1) is 29.2 Å². The Hall–Kier alpha value is -2.34. The van der Waals surface area contributed by atoms with Gasteiger partial charge in [-0.2, -0.15) is 0 Å². The minimum absolute atomic E-state index is 0.157. The lowest BCUT2D eigenvalue weighted by Crippen LogP contribution is -2.38. The highest BCUT2D eigenvalue weighted by molar-refractivity contribution is 6.23. The zero-order chi connectivity index (χ0) is 15.1. The lowest BCUT2D eigenvalue weighted by molar-refractivity contribution is -0.126. The van der Waals surface area contributed by atoms with Crippen molar-refractivity contribution < 1.29 is 23.8 Å². The number of carbonyl (C=O) groups excluding carboxylic acids is 2. The number of fused-ring (bicyclic) bond motifs is 6. The van der Waals surface area contributed by atoms with E-state index in [0.717, 1.165) is 0 Å². The summed E-state index contributed by atoms with van der Waals surface area (Å²) in [6.07, 6.45) is 3.48. The quantitative estimate of drug-likeness (QED) is 0.577. The summed E-state index contributed by atoms with van der Waals surface area (Å²) in [5, 5.41) is 0. The molecule has 4 heterocycles. The van der Waals surface area contributed by atoms with Gasteiger partial charge in [0.1, 0.15) is 0 Å². The molecule has 0 aliphatic carbocycles. The Kier molecular flexibility index (Phi) is 2.06. The molecule has 2 fully saturated rings. The maximum atomic E-state index is 12.8. The Labute approximate surface area is 126 Å². The van der Waals surface area contributed by atoms with Crippen LogP contribution in [0, 0.1) is 11.8 Å². The maximum Gasteiger partial charge on any atom is 0.241 e. The van der Waals surface area contributed by atoms with E-state index in [4.69, 9.17) is 14.2 Å². The Morgan fingerprint density at radius 2 is 2.00 bits per heavy atom. The third-order valence-corrected chi connectivity index (χ3v) is 4.94. The van der Waals surface area contributed by atoms with Crippen molar-refractivity contribution in [3.05, 3.63) is 30.4 Å². The summed E-state index contributed by atoms with van der Waals surface area (Å²) in [5.41, 5.74) is -0.149. The third-order valence-electron chi connectivity index (χ3n) is 4.94. The van der Waals surface area contributed by atoms with Gasteiger partial charge in [0.25, 0.3) is 0 Å². The van der Waals surface area contributed by atoms with Gasteiger partial charge in [0.15, 0.2) is 11.5 Å². The predicted octanol–water partition coefficient (Wildman–Crippen LogP) is 1.25. The second-order valence-corrected chi connectivity index (χ2v) is 6.18. The highest BCUT2D eigenvalue weighted by Gasteiger charge is 2.66. The number of hydrogen-bond acceptors (Lipinski definition) is 5. The van der Waals surface area contributed by atoms with Gasteiger partial charge in [-0.05, 0) is 19.1 Å². The van der Waals surface area contributed by atoms with E-state index >= 15 is 0 Å². The highest BCUT2D eigenvalue weighted by atomic mass is 16.7. The first kappa shape index (κ1) is 12.2. The van der Waals surface area contributed by atoms with Crippen LogP contribution in [0.2, 0.25) is 0 Å². The van der Waals surface area contributed by atoms with Crippen LogP contribution in [0.15, 0.2) is 30.4 Å². The first-order valence-electron chi connectivity index (χ1n) is 7.23. The number of carbonyl (C=O) groups is 2. The molecule has 2 saturated heterocycles. The van der Waals surface area contributed by atoms with E-state index < -0.39 is 17.4 Å². The van der Waals surface area contributed by atoms with E-state index in [2.05, 4.69) is 0 Å². The zero-order valence-corrected chi connectivity index (χ0v) is 11.8. The zero-order valence-electron chi connectivity index (χ0n) is 11.8. The summed E-state index contributed by atoms with van der Waals surface area (Å²) in [5.74, 6) is -0.0951. The van der Waals surface area contributed by atoms with Crippen LogP contribution in [0.1, 0.15) is 6.92 Å². The molecule has 0 spiro atoms. The maximum absolute atomic E-state index is 12.8. The summed E-state index contributed by atoms with van der Waals surface area (Å²) in [4.78, 5) is 26.8. The van der Waals surface area contributed by atoms with Crippen molar-refractivity contribution in [2.24, 2.45) is 11.8 Å². The number of anilines is 1. The van der Waals surface area contributed by atoms with Crippen molar-refractivity contribution in [1.82, 2.24) is 0 Å². The molecule has 112 valence electrons. The summed E-state index contributed by atoms with van der Waals surface area (Å²) in [6.45, 7) is 2.02. The number of nitrogens with zero attached hydrogens (tertiary/aromatic N) is 1. The average Bonchev–Trinajstić information content (AvgIpc) is 3.20. The topological polar surface area (TPSA) is 65.1 Å².